The molecule has 86 valence electrons. The van der Waals surface area contributed by atoms with Gasteiger partial charge < -0.3 is 5.32 Å². The number of rotatable bonds is 4. The maximum atomic E-state index is 8.88. The van der Waals surface area contributed by atoms with Gasteiger partial charge in [0, 0.05) is 38.1 Å². The molecule has 0 saturated heterocycles. The van der Waals surface area contributed by atoms with Gasteiger partial charge in [0.05, 0.1) is 5.69 Å². The van der Waals surface area contributed by atoms with Gasteiger partial charge in [-0.2, -0.15) is 10.4 Å². The highest BCUT2D eigenvalue weighted by Gasteiger charge is 2.02. The van der Waals surface area contributed by atoms with Crippen LogP contribution >= 0.6 is 0 Å². The number of aryl methyl sites for hydroxylation is 1. The molecular formula is C12H13N5. The Morgan fingerprint density at radius 3 is 3.00 bits per heavy atom. The zero-order chi connectivity index (χ0) is 12.1. The molecule has 0 amide bonds. The van der Waals surface area contributed by atoms with Crippen LogP contribution in [0, 0.1) is 11.3 Å². The van der Waals surface area contributed by atoms with E-state index >= 15 is 0 Å². The molecule has 5 heteroatoms. The number of nitrogens with one attached hydrogen (secondary N) is 1. The Hall–Kier alpha value is -2.35. The Morgan fingerprint density at radius 2 is 2.29 bits per heavy atom. The highest BCUT2D eigenvalue weighted by molar-refractivity contribution is 5.53. The quantitative estimate of drug-likeness (QED) is 0.856. The molecule has 17 heavy (non-hydrogen) atoms. The van der Waals surface area contributed by atoms with Crippen LogP contribution in [0.5, 0.6) is 0 Å². The van der Waals surface area contributed by atoms with Crippen LogP contribution in [0.2, 0.25) is 0 Å². The van der Waals surface area contributed by atoms with Crippen molar-refractivity contribution in [2.75, 3.05) is 11.9 Å². The molecule has 2 aromatic rings. The van der Waals surface area contributed by atoms with Gasteiger partial charge in [0.1, 0.15) is 6.07 Å². The zero-order valence-corrected chi connectivity index (χ0v) is 9.59. The summed E-state index contributed by atoms with van der Waals surface area (Å²) in [5.41, 5.74) is 2.36. The van der Waals surface area contributed by atoms with Gasteiger partial charge in [-0.1, -0.05) is 0 Å². The average molecular weight is 227 g/mol. The monoisotopic (exact) mass is 227 g/mol. The molecule has 2 aromatic heterocycles. The van der Waals surface area contributed by atoms with Gasteiger partial charge >= 0.3 is 0 Å². The second-order valence-corrected chi connectivity index (χ2v) is 3.63. The fraction of sp³-hybridized carbons (Fsp3) is 0.250. The van der Waals surface area contributed by atoms with Gasteiger partial charge in [-0.05, 0) is 18.2 Å². The van der Waals surface area contributed by atoms with Crippen molar-refractivity contribution < 1.29 is 0 Å². The van der Waals surface area contributed by atoms with Crippen molar-refractivity contribution >= 4 is 5.69 Å². The van der Waals surface area contributed by atoms with Gasteiger partial charge in [0.2, 0.25) is 0 Å². The minimum Gasteiger partial charge on any atom is -0.382 e. The standard InChI is InChI=1S/C12H13N5/c1-17-10(5-8-16-17)4-7-15-11-3-2-6-14-12(11)9-13/h2-3,5-6,8,15H,4,7H2,1H3. The lowest BCUT2D eigenvalue weighted by molar-refractivity contribution is 0.711. The molecule has 0 aliphatic heterocycles. The molecule has 0 radical (unpaired) electrons. The molecule has 2 rings (SSSR count). The Bertz CT molecular complexity index is 538. The van der Waals surface area contributed by atoms with Crippen LogP contribution in [-0.4, -0.2) is 21.3 Å². The molecule has 0 aliphatic carbocycles. The van der Waals surface area contributed by atoms with Crippen molar-refractivity contribution in [1.29, 1.82) is 5.26 Å². The fourth-order valence-electron chi connectivity index (χ4n) is 1.61. The van der Waals surface area contributed by atoms with Crippen molar-refractivity contribution in [1.82, 2.24) is 14.8 Å². The molecule has 0 aliphatic rings. The molecule has 0 atom stereocenters. The first-order chi connectivity index (χ1) is 8.31. The second-order valence-electron chi connectivity index (χ2n) is 3.63. The molecule has 0 unspecified atom stereocenters. The number of hydrogen-bond acceptors (Lipinski definition) is 4. The molecule has 2 heterocycles. The Morgan fingerprint density at radius 1 is 1.41 bits per heavy atom. The van der Waals surface area contributed by atoms with Gasteiger partial charge in [-0.15, -0.1) is 0 Å². The largest absolute Gasteiger partial charge is 0.382 e. The Balaban J connectivity index is 1.95. The molecule has 0 saturated carbocycles. The van der Waals surface area contributed by atoms with Crippen LogP contribution in [0.3, 0.4) is 0 Å². The Labute approximate surface area is 99.7 Å². The second kappa shape index (κ2) is 5.12. The van der Waals surface area contributed by atoms with E-state index in [-0.39, 0.29) is 0 Å². The van der Waals surface area contributed by atoms with Gasteiger partial charge in [0.15, 0.2) is 5.69 Å². The lowest BCUT2D eigenvalue weighted by Gasteiger charge is -2.07. The van der Waals surface area contributed by atoms with Gasteiger partial charge in [-0.25, -0.2) is 4.98 Å². The van der Waals surface area contributed by atoms with Crippen LogP contribution in [0.4, 0.5) is 5.69 Å². The molecular weight excluding hydrogens is 214 g/mol. The number of anilines is 1. The van der Waals surface area contributed by atoms with E-state index in [1.807, 2.05) is 29.9 Å². The van der Waals surface area contributed by atoms with E-state index in [1.54, 1.807) is 12.4 Å². The van der Waals surface area contributed by atoms with E-state index in [0.717, 1.165) is 24.3 Å². The summed E-state index contributed by atoms with van der Waals surface area (Å²) in [6, 6.07) is 7.71. The first-order valence-electron chi connectivity index (χ1n) is 5.37. The smallest absolute Gasteiger partial charge is 0.163 e. The molecule has 0 fully saturated rings. The first-order valence-corrected chi connectivity index (χ1v) is 5.37. The van der Waals surface area contributed by atoms with Crippen LogP contribution in [-0.2, 0) is 13.5 Å². The van der Waals surface area contributed by atoms with E-state index in [0.29, 0.717) is 5.69 Å². The van der Waals surface area contributed by atoms with Crippen molar-refractivity contribution in [3.05, 3.63) is 42.0 Å². The van der Waals surface area contributed by atoms with Crippen LogP contribution in [0.1, 0.15) is 11.4 Å². The number of hydrogen-bond donors (Lipinski definition) is 1. The predicted octanol–water partition coefficient (Wildman–Crippen LogP) is 1.34. The van der Waals surface area contributed by atoms with Crippen LogP contribution in [0.15, 0.2) is 30.6 Å². The Kier molecular flexibility index (Phi) is 3.36. The summed E-state index contributed by atoms with van der Waals surface area (Å²) in [6.45, 7) is 0.750. The van der Waals surface area contributed by atoms with Crippen molar-refractivity contribution in [2.45, 2.75) is 6.42 Å². The topological polar surface area (TPSA) is 66.5 Å². The van der Waals surface area contributed by atoms with E-state index in [4.69, 9.17) is 5.26 Å². The summed E-state index contributed by atoms with van der Waals surface area (Å²) < 4.78 is 1.84. The van der Waals surface area contributed by atoms with E-state index in [1.165, 1.54) is 0 Å². The molecule has 0 bridgehead atoms. The molecule has 0 aromatic carbocycles. The first kappa shape index (κ1) is 11.1. The van der Waals surface area contributed by atoms with Crippen LogP contribution in [0.25, 0.3) is 0 Å². The van der Waals surface area contributed by atoms with Gasteiger partial charge in [0.25, 0.3) is 0 Å². The number of nitriles is 1. The third-order valence-electron chi connectivity index (χ3n) is 2.53. The average Bonchev–Trinajstić information content (AvgIpc) is 2.76. The van der Waals surface area contributed by atoms with Crippen molar-refractivity contribution in [2.24, 2.45) is 7.05 Å². The highest BCUT2D eigenvalue weighted by atomic mass is 15.3. The highest BCUT2D eigenvalue weighted by Crippen LogP contribution is 2.10. The maximum Gasteiger partial charge on any atom is 0.163 e. The number of nitrogens with zero attached hydrogens (tertiary/aromatic N) is 4. The summed E-state index contributed by atoms with van der Waals surface area (Å²) in [6.07, 6.45) is 4.25. The third kappa shape index (κ3) is 2.61. The fourth-order valence-corrected chi connectivity index (χ4v) is 1.61. The minimum absolute atomic E-state index is 0.428. The normalized spacial score (nSPS) is 9.88. The van der Waals surface area contributed by atoms with Gasteiger partial charge in [-0.3, -0.25) is 4.68 Å². The predicted molar refractivity (Wildman–Crippen MR) is 64.4 cm³/mol. The summed E-state index contributed by atoms with van der Waals surface area (Å²) >= 11 is 0. The molecule has 5 nitrogen and oxygen atoms in total. The summed E-state index contributed by atoms with van der Waals surface area (Å²) in [4.78, 5) is 3.99. The third-order valence-corrected chi connectivity index (χ3v) is 2.53. The van der Waals surface area contributed by atoms with E-state index in [2.05, 4.69) is 21.5 Å². The number of aromatic nitrogens is 3. The van der Waals surface area contributed by atoms with Crippen LogP contribution < -0.4 is 5.32 Å². The summed E-state index contributed by atoms with van der Waals surface area (Å²) in [5, 5.41) is 16.2. The maximum absolute atomic E-state index is 8.88. The van der Waals surface area contributed by atoms with E-state index in [9.17, 15) is 0 Å². The molecule has 1 N–H and O–H groups in total. The lowest BCUT2D eigenvalue weighted by atomic mass is 10.2. The van der Waals surface area contributed by atoms with E-state index < -0.39 is 0 Å². The number of pyridine rings is 1. The zero-order valence-electron chi connectivity index (χ0n) is 9.59. The van der Waals surface area contributed by atoms with Crippen molar-refractivity contribution in [3.63, 3.8) is 0 Å². The van der Waals surface area contributed by atoms with Crippen molar-refractivity contribution in [3.8, 4) is 6.07 Å². The minimum atomic E-state index is 0.428. The molecule has 0 spiro atoms. The summed E-state index contributed by atoms with van der Waals surface area (Å²) in [7, 11) is 1.92. The summed E-state index contributed by atoms with van der Waals surface area (Å²) in [5.74, 6) is 0. The lowest BCUT2D eigenvalue weighted by Crippen LogP contribution is -2.09. The SMILES string of the molecule is Cn1nccc1CCNc1cccnc1C#N.